The van der Waals surface area contributed by atoms with Gasteiger partial charge in [-0.1, -0.05) is 25.1 Å². The third-order valence-electron chi connectivity index (χ3n) is 3.14. The topological polar surface area (TPSA) is 60.2 Å². The van der Waals surface area contributed by atoms with E-state index >= 15 is 0 Å². The monoisotopic (exact) mass is 293 g/mol. The maximum absolute atomic E-state index is 14.0. The van der Waals surface area contributed by atoms with Crippen LogP contribution < -0.4 is 10.1 Å². The van der Waals surface area contributed by atoms with Crippen molar-refractivity contribution in [2.24, 2.45) is 0 Å². The number of hydrogen-bond acceptors (Lipinski definition) is 5. The van der Waals surface area contributed by atoms with Crippen LogP contribution in [0, 0.1) is 5.82 Å². The first-order valence-corrected chi connectivity index (χ1v) is 7.11. The largest absolute Gasteiger partial charge is 0.484 e. The molecule has 0 saturated carbocycles. The number of hydrogen-bond donors (Lipinski definition) is 1. The minimum atomic E-state index is -0.291. The van der Waals surface area contributed by atoms with E-state index in [0.717, 1.165) is 6.54 Å². The number of ether oxygens (including phenoxy) is 1. The van der Waals surface area contributed by atoms with Crippen LogP contribution in [0.5, 0.6) is 5.75 Å². The Morgan fingerprint density at radius 3 is 2.81 bits per heavy atom. The van der Waals surface area contributed by atoms with Crippen molar-refractivity contribution in [2.75, 3.05) is 6.54 Å². The molecule has 2 rings (SSSR count). The van der Waals surface area contributed by atoms with Gasteiger partial charge in [-0.2, -0.15) is 4.98 Å². The average Bonchev–Trinajstić information content (AvgIpc) is 2.93. The minimum absolute atomic E-state index is 0.0351. The summed E-state index contributed by atoms with van der Waals surface area (Å²) in [5.41, 5.74) is 0.621. The molecular formula is C15H20FN3O2. The van der Waals surface area contributed by atoms with Gasteiger partial charge >= 0.3 is 0 Å². The third kappa shape index (κ3) is 4.01. The first kappa shape index (κ1) is 15.4. The smallest absolute Gasteiger partial charge is 0.264 e. The summed E-state index contributed by atoms with van der Waals surface area (Å²) in [6, 6.07) is 4.81. The Kier molecular flexibility index (Phi) is 5.27. The number of rotatable bonds is 7. The molecule has 0 bridgehead atoms. The van der Waals surface area contributed by atoms with Gasteiger partial charge in [0, 0.05) is 24.1 Å². The molecular weight excluding hydrogens is 273 g/mol. The molecule has 0 aliphatic heterocycles. The van der Waals surface area contributed by atoms with Crippen LogP contribution in [0.1, 0.15) is 44.1 Å². The van der Waals surface area contributed by atoms with Gasteiger partial charge in [0.05, 0.1) is 0 Å². The van der Waals surface area contributed by atoms with E-state index < -0.39 is 0 Å². The summed E-state index contributed by atoms with van der Waals surface area (Å²) in [5, 5.41) is 6.95. The van der Waals surface area contributed by atoms with Gasteiger partial charge in [0.1, 0.15) is 11.6 Å². The van der Waals surface area contributed by atoms with Crippen LogP contribution in [0.3, 0.4) is 0 Å². The molecule has 1 N–H and O–H groups in total. The molecule has 0 spiro atoms. The highest BCUT2D eigenvalue weighted by Crippen LogP contribution is 2.22. The summed E-state index contributed by atoms with van der Waals surface area (Å²) in [6.07, 6.45) is 0.704. The van der Waals surface area contributed by atoms with E-state index in [-0.39, 0.29) is 18.5 Å². The van der Waals surface area contributed by atoms with Gasteiger partial charge in [0.25, 0.3) is 5.89 Å². The second-order valence-corrected chi connectivity index (χ2v) is 4.71. The van der Waals surface area contributed by atoms with Crippen LogP contribution >= 0.6 is 0 Å². The summed E-state index contributed by atoms with van der Waals surface area (Å²) < 4.78 is 24.5. The number of nitrogens with one attached hydrogen (secondary N) is 1. The highest BCUT2D eigenvalue weighted by molar-refractivity contribution is 5.30. The number of aryl methyl sites for hydroxylation is 1. The zero-order valence-electron chi connectivity index (χ0n) is 12.5. The second-order valence-electron chi connectivity index (χ2n) is 4.71. The van der Waals surface area contributed by atoms with Gasteiger partial charge in [0.15, 0.2) is 12.4 Å². The molecule has 6 heteroatoms. The van der Waals surface area contributed by atoms with Crippen LogP contribution in [-0.4, -0.2) is 16.7 Å². The van der Waals surface area contributed by atoms with Crippen LogP contribution in [0.4, 0.5) is 4.39 Å². The molecule has 1 atom stereocenters. The lowest BCUT2D eigenvalue weighted by Crippen LogP contribution is -2.18. The van der Waals surface area contributed by atoms with Crippen LogP contribution in [0.15, 0.2) is 22.7 Å². The van der Waals surface area contributed by atoms with Gasteiger partial charge in [-0.3, -0.25) is 0 Å². The summed E-state index contributed by atoms with van der Waals surface area (Å²) in [7, 11) is 0. The maximum atomic E-state index is 14.0. The van der Waals surface area contributed by atoms with Crippen molar-refractivity contribution in [3.05, 3.63) is 41.3 Å². The maximum Gasteiger partial charge on any atom is 0.264 e. The number of nitrogens with zero attached hydrogens (tertiary/aromatic N) is 2. The molecule has 1 unspecified atom stereocenters. The fourth-order valence-electron chi connectivity index (χ4n) is 2.00. The summed E-state index contributed by atoms with van der Waals surface area (Å²) in [5.74, 6) is 1.17. The molecule has 1 heterocycles. The van der Waals surface area contributed by atoms with Gasteiger partial charge in [0.2, 0.25) is 0 Å². The highest BCUT2D eigenvalue weighted by Gasteiger charge is 2.11. The van der Waals surface area contributed by atoms with E-state index in [1.165, 1.54) is 6.07 Å². The Morgan fingerprint density at radius 1 is 1.38 bits per heavy atom. The number of benzene rings is 1. The zero-order chi connectivity index (χ0) is 15.2. The molecule has 2 aromatic rings. The molecule has 1 aromatic heterocycles. The number of aromatic nitrogens is 2. The Bertz CT molecular complexity index is 586. The first-order chi connectivity index (χ1) is 10.1. The van der Waals surface area contributed by atoms with E-state index in [9.17, 15) is 4.39 Å². The van der Waals surface area contributed by atoms with E-state index in [1.807, 2.05) is 20.8 Å². The predicted octanol–water partition coefficient (Wildman–Crippen LogP) is 3.02. The second kappa shape index (κ2) is 7.17. The predicted molar refractivity (Wildman–Crippen MR) is 76.5 cm³/mol. The lowest BCUT2D eigenvalue weighted by molar-refractivity contribution is 0.241. The molecule has 0 radical (unpaired) electrons. The van der Waals surface area contributed by atoms with E-state index in [1.54, 1.807) is 12.1 Å². The molecule has 0 amide bonds. The van der Waals surface area contributed by atoms with E-state index in [4.69, 9.17) is 9.26 Å². The van der Waals surface area contributed by atoms with E-state index in [0.29, 0.717) is 29.4 Å². The number of halogens is 1. The third-order valence-corrected chi connectivity index (χ3v) is 3.14. The Balaban J connectivity index is 1.99. The standard InChI is InChI=1S/C15H20FN3O2/c1-4-14-18-15(21-19-14)9-20-11-6-7-12(13(16)8-11)10(3)17-5-2/h6-8,10,17H,4-5,9H2,1-3H3. The molecule has 21 heavy (non-hydrogen) atoms. The van der Waals surface area contributed by atoms with Crippen molar-refractivity contribution < 1.29 is 13.7 Å². The van der Waals surface area contributed by atoms with Crippen molar-refractivity contribution in [1.82, 2.24) is 15.5 Å². The molecule has 5 nitrogen and oxygen atoms in total. The Morgan fingerprint density at radius 2 is 2.19 bits per heavy atom. The molecule has 0 aliphatic carbocycles. The van der Waals surface area contributed by atoms with Gasteiger partial charge in [-0.05, 0) is 19.5 Å². The lowest BCUT2D eigenvalue weighted by atomic mass is 10.1. The fourth-order valence-corrected chi connectivity index (χ4v) is 2.00. The fraction of sp³-hybridized carbons (Fsp3) is 0.467. The van der Waals surface area contributed by atoms with Crippen molar-refractivity contribution >= 4 is 0 Å². The SMILES string of the molecule is CCNC(C)c1ccc(OCc2nc(CC)no2)cc1F. The summed E-state index contributed by atoms with van der Waals surface area (Å²) >= 11 is 0. The molecule has 0 saturated heterocycles. The molecule has 1 aromatic carbocycles. The van der Waals surface area contributed by atoms with E-state index in [2.05, 4.69) is 15.5 Å². The van der Waals surface area contributed by atoms with Crippen LogP contribution in [0.25, 0.3) is 0 Å². The quantitative estimate of drug-likeness (QED) is 0.850. The van der Waals surface area contributed by atoms with Crippen LogP contribution in [-0.2, 0) is 13.0 Å². The summed E-state index contributed by atoms with van der Waals surface area (Å²) in [4.78, 5) is 4.13. The van der Waals surface area contributed by atoms with Crippen molar-refractivity contribution in [3.63, 3.8) is 0 Å². The summed E-state index contributed by atoms with van der Waals surface area (Å²) in [6.45, 7) is 6.77. The molecule has 114 valence electrons. The van der Waals surface area contributed by atoms with Gasteiger partial charge in [-0.15, -0.1) is 0 Å². The molecule has 0 fully saturated rings. The Labute approximate surface area is 123 Å². The van der Waals surface area contributed by atoms with Crippen molar-refractivity contribution in [1.29, 1.82) is 0 Å². The molecule has 0 aliphatic rings. The van der Waals surface area contributed by atoms with Gasteiger partial charge < -0.3 is 14.6 Å². The van der Waals surface area contributed by atoms with Crippen LogP contribution in [0.2, 0.25) is 0 Å². The Hall–Kier alpha value is -1.95. The normalized spacial score (nSPS) is 12.4. The van der Waals surface area contributed by atoms with Crippen molar-refractivity contribution in [2.45, 2.75) is 39.8 Å². The van der Waals surface area contributed by atoms with Crippen molar-refractivity contribution in [3.8, 4) is 5.75 Å². The zero-order valence-corrected chi connectivity index (χ0v) is 12.5. The lowest BCUT2D eigenvalue weighted by Gasteiger charge is -2.14. The minimum Gasteiger partial charge on any atom is -0.484 e. The van der Waals surface area contributed by atoms with Gasteiger partial charge in [-0.25, -0.2) is 4.39 Å². The highest BCUT2D eigenvalue weighted by atomic mass is 19.1. The average molecular weight is 293 g/mol. The first-order valence-electron chi connectivity index (χ1n) is 7.11.